The summed E-state index contributed by atoms with van der Waals surface area (Å²) in [4.78, 5) is 29.7. The van der Waals surface area contributed by atoms with E-state index in [-0.39, 0.29) is 24.5 Å². The van der Waals surface area contributed by atoms with Crippen molar-refractivity contribution in [3.63, 3.8) is 0 Å². The molecule has 0 unspecified atom stereocenters. The minimum absolute atomic E-state index is 0.137. The van der Waals surface area contributed by atoms with Crippen molar-refractivity contribution in [3.05, 3.63) is 75.7 Å². The maximum Gasteiger partial charge on any atom is 0.263 e. The van der Waals surface area contributed by atoms with Gasteiger partial charge in [0.1, 0.15) is 11.4 Å². The number of aromatic nitrogens is 3. The smallest absolute Gasteiger partial charge is 0.263 e. The van der Waals surface area contributed by atoms with Gasteiger partial charge in [0.15, 0.2) is 11.5 Å². The highest BCUT2D eigenvalue weighted by atomic mass is 16.7. The van der Waals surface area contributed by atoms with E-state index in [1.165, 1.54) is 4.57 Å². The van der Waals surface area contributed by atoms with Gasteiger partial charge in [-0.2, -0.15) is 0 Å². The molecule has 0 fully saturated rings. The van der Waals surface area contributed by atoms with Crippen molar-refractivity contribution in [3.8, 4) is 11.5 Å². The lowest BCUT2D eigenvalue weighted by Crippen LogP contribution is -2.34. The molecule has 8 heteroatoms. The number of carbonyl (C=O) groups excluding carboxylic acids is 1. The third-order valence-corrected chi connectivity index (χ3v) is 4.72. The second-order valence-corrected chi connectivity index (χ2v) is 6.63. The molecule has 3 heterocycles. The summed E-state index contributed by atoms with van der Waals surface area (Å²) in [6.07, 6.45) is 5.15. The molecular formula is C20H20N4O4. The number of fused-ring (bicyclic) bond motifs is 1. The molecule has 1 amide bonds. The Bertz CT molecular complexity index is 1100. The second kappa shape index (κ2) is 7.22. The fraction of sp³-hybridized carbons (Fsp3) is 0.250. The fourth-order valence-electron chi connectivity index (χ4n) is 3.12. The van der Waals surface area contributed by atoms with Crippen LogP contribution in [0.2, 0.25) is 0 Å². The van der Waals surface area contributed by atoms with E-state index in [2.05, 4.69) is 10.3 Å². The van der Waals surface area contributed by atoms with Gasteiger partial charge < -0.3 is 23.9 Å². The fourth-order valence-corrected chi connectivity index (χ4v) is 3.12. The van der Waals surface area contributed by atoms with Crippen LogP contribution in [0.4, 0.5) is 0 Å². The maximum atomic E-state index is 12.9. The third-order valence-electron chi connectivity index (χ3n) is 4.72. The number of benzene rings is 1. The third kappa shape index (κ3) is 3.36. The molecule has 2 aromatic heterocycles. The van der Waals surface area contributed by atoms with Gasteiger partial charge >= 0.3 is 0 Å². The average Bonchev–Trinajstić information content (AvgIpc) is 3.30. The minimum Gasteiger partial charge on any atom is -0.454 e. The lowest BCUT2D eigenvalue weighted by molar-refractivity contribution is 0.0947. The van der Waals surface area contributed by atoms with Gasteiger partial charge in [0, 0.05) is 25.6 Å². The second-order valence-electron chi connectivity index (χ2n) is 6.63. The zero-order chi connectivity index (χ0) is 19.7. The maximum absolute atomic E-state index is 12.9. The Morgan fingerprint density at radius 1 is 1.21 bits per heavy atom. The average molecular weight is 380 g/mol. The van der Waals surface area contributed by atoms with Crippen molar-refractivity contribution in [1.29, 1.82) is 0 Å². The number of amides is 1. The van der Waals surface area contributed by atoms with Crippen LogP contribution < -0.4 is 20.3 Å². The molecular weight excluding hydrogens is 360 g/mol. The summed E-state index contributed by atoms with van der Waals surface area (Å²) in [5.41, 5.74) is 1.31. The molecule has 0 spiro atoms. The van der Waals surface area contributed by atoms with Gasteiger partial charge in [-0.3, -0.25) is 9.59 Å². The predicted octanol–water partition coefficient (Wildman–Crippen LogP) is 1.60. The summed E-state index contributed by atoms with van der Waals surface area (Å²) < 4.78 is 14.0. The van der Waals surface area contributed by atoms with E-state index in [1.54, 1.807) is 31.6 Å². The zero-order valence-electron chi connectivity index (χ0n) is 15.6. The predicted molar refractivity (Wildman–Crippen MR) is 101 cm³/mol. The quantitative estimate of drug-likeness (QED) is 0.726. The number of hydrogen-bond donors (Lipinski definition) is 1. The molecule has 0 bridgehead atoms. The normalized spacial score (nSPS) is 12.2. The summed E-state index contributed by atoms with van der Waals surface area (Å²) in [6.45, 7) is 2.53. The molecule has 0 atom stereocenters. The molecule has 4 rings (SSSR count). The van der Waals surface area contributed by atoms with Crippen molar-refractivity contribution in [2.45, 2.75) is 20.0 Å². The molecule has 0 saturated carbocycles. The molecule has 144 valence electrons. The molecule has 0 saturated heterocycles. The number of hydrogen-bond acceptors (Lipinski definition) is 5. The topological polar surface area (TPSA) is 87.4 Å². The highest BCUT2D eigenvalue weighted by Gasteiger charge is 2.18. The first-order valence-electron chi connectivity index (χ1n) is 8.86. The summed E-state index contributed by atoms with van der Waals surface area (Å²) >= 11 is 0. The van der Waals surface area contributed by atoms with Gasteiger partial charge in [-0.1, -0.05) is 6.07 Å². The Balaban J connectivity index is 1.56. The van der Waals surface area contributed by atoms with Crippen molar-refractivity contribution < 1.29 is 14.3 Å². The van der Waals surface area contributed by atoms with Crippen LogP contribution in [0.5, 0.6) is 11.5 Å². The van der Waals surface area contributed by atoms with E-state index >= 15 is 0 Å². The lowest BCUT2D eigenvalue weighted by atomic mass is 10.1. The largest absolute Gasteiger partial charge is 0.454 e. The Labute approximate surface area is 161 Å². The molecule has 3 aromatic rings. The molecule has 1 aromatic carbocycles. The molecule has 28 heavy (non-hydrogen) atoms. The van der Waals surface area contributed by atoms with Gasteiger partial charge in [0.25, 0.3) is 11.5 Å². The Kier molecular flexibility index (Phi) is 4.60. The first-order chi connectivity index (χ1) is 13.5. The van der Waals surface area contributed by atoms with Crippen LogP contribution in [-0.2, 0) is 20.1 Å². The van der Waals surface area contributed by atoms with Crippen molar-refractivity contribution in [1.82, 2.24) is 19.4 Å². The van der Waals surface area contributed by atoms with E-state index in [1.807, 2.05) is 29.8 Å². The van der Waals surface area contributed by atoms with Crippen LogP contribution in [0.25, 0.3) is 0 Å². The number of nitrogens with zero attached hydrogens (tertiary/aromatic N) is 3. The van der Waals surface area contributed by atoms with Crippen LogP contribution in [0.3, 0.4) is 0 Å². The van der Waals surface area contributed by atoms with Crippen LogP contribution in [0, 0.1) is 6.92 Å². The number of imidazole rings is 1. The number of pyridine rings is 1. The number of carbonyl (C=O) groups is 1. The summed E-state index contributed by atoms with van der Waals surface area (Å²) in [6, 6.07) is 7.30. The molecule has 8 nitrogen and oxygen atoms in total. The minimum atomic E-state index is -0.412. The first-order valence-corrected chi connectivity index (χ1v) is 8.86. The molecule has 1 aliphatic heterocycles. The molecule has 0 radical (unpaired) electrons. The van der Waals surface area contributed by atoms with Gasteiger partial charge in [0.2, 0.25) is 6.79 Å². The van der Waals surface area contributed by atoms with Crippen molar-refractivity contribution in [2.24, 2.45) is 7.05 Å². The Hall–Kier alpha value is -3.55. The van der Waals surface area contributed by atoms with Gasteiger partial charge in [-0.15, -0.1) is 0 Å². The lowest BCUT2D eigenvalue weighted by Gasteiger charge is -2.12. The van der Waals surface area contributed by atoms with E-state index in [4.69, 9.17) is 9.47 Å². The van der Waals surface area contributed by atoms with E-state index in [0.29, 0.717) is 29.4 Å². The monoisotopic (exact) mass is 380 g/mol. The van der Waals surface area contributed by atoms with Crippen LogP contribution in [0.15, 0.2) is 47.7 Å². The van der Waals surface area contributed by atoms with Gasteiger partial charge in [-0.05, 0) is 36.2 Å². The first kappa shape index (κ1) is 17.8. The standard InChI is InChI=1S/C20H20N4O4/c1-13-5-7-24(11-14-3-4-15-16(9-14)28-12-27-15)20(26)18(13)19(25)22-10-17-21-6-8-23(17)2/h3-9H,10-12H2,1-2H3,(H,22,25). The van der Waals surface area contributed by atoms with Crippen molar-refractivity contribution in [2.75, 3.05) is 6.79 Å². The van der Waals surface area contributed by atoms with Crippen molar-refractivity contribution >= 4 is 5.91 Å². The van der Waals surface area contributed by atoms with Crippen LogP contribution >= 0.6 is 0 Å². The number of ether oxygens (including phenoxy) is 2. The highest BCUT2D eigenvalue weighted by Crippen LogP contribution is 2.32. The summed E-state index contributed by atoms with van der Waals surface area (Å²) in [5, 5.41) is 2.78. The number of nitrogens with one attached hydrogen (secondary N) is 1. The van der Waals surface area contributed by atoms with E-state index < -0.39 is 5.91 Å². The Morgan fingerprint density at radius 3 is 2.82 bits per heavy atom. The van der Waals surface area contributed by atoms with Gasteiger partial charge in [-0.25, -0.2) is 4.98 Å². The van der Waals surface area contributed by atoms with Crippen LogP contribution in [-0.4, -0.2) is 26.8 Å². The SMILES string of the molecule is Cc1ccn(Cc2ccc3c(c2)OCO3)c(=O)c1C(=O)NCc1nccn1C. The number of aryl methyl sites for hydroxylation is 2. The molecule has 1 aliphatic rings. The zero-order valence-corrected chi connectivity index (χ0v) is 15.6. The summed E-state index contributed by atoms with van der Waals surface area (Å²) in [7, 11) is 1.85. The highest BCUT2D eigenvalue weighted by molar-refractivity contribution is 5.95. The van der Waals surface area contributed by atoms with Crippen LogP contribution in [0.1, 0.15) is 27.3 Å². The molecule has 1 N–H and O–H groups in total. The molecule has 0 aliphatic carbocycles. The number of rotatable bonds is 5. The Morgan fingerprint density at radius 2 is 2.04 bits per heavy atom. The van der Waals surface area contributed by atoms with E-state index in [0.717, 1.165) is 5.56 Å². The summed E-state index contributed by atoms with van der Waals surface area (Å²) in [5.74, 6) is 1.65. The van der Waals surface area contributed by atoms with E-state index in [9.17, 15) is 9.59 Å². The van der Waals surface area contributed by atoms with Gasteiger partial charge in [0.05, 0.1) is 13.1 Å².